The van der Waals surface area contributed by atoms with E-state index < -0.39 is 0 Å². The number of thioether (sulfide) groups is 1. The van der Waals surface area contributed by atoms with Gasteiger partial charge in [0.1, 0.15) is 0 Å². The molecule has 15 heavy (non-hydrogen) atoms. The number of aromatic nitrogens is 5. The predicted octanol–water partition coefficient (Wildman–Crippen LogP) is 0.381. The third kappa shape index (κ3) is 2.09. The average molecular weight is 226 g/mol. The van der Waals surface area contributed by atoms with E-state index in [-0.39, 0.29) is 0 Å². The minimum absolute atomic E-state index is 0.391. The van der Waals surface area contributed by atoms with Gasteiger partial charge >= 0.3 is 0 Å². The van der Waals surface area contributed by atoms with Crippen molar-refractivity contribution >= 4 is 17.7 Å². The summed E-state index contributed by atoms with van der Waals surface area (Å²) in [5, 5.41) is 12.1. The standard InChI is InChI=1S/C7H10N6OS/c1-4-9-5(12-14-4)3-15-7-11-10-6(8)13(7)2/h3H2,1-2H3,(H2,8,10). The third-order valence-electron chi connectivity index (χ3n) is 1.77. The van der Waals surface area contributed by atoms with Crippen molar-refractivity contribution in [2.24, 2.45) is 7.05 Å². The van der Waals surface area contributed by atoms with Crippen LogP contribution in [0.2, 0.25) is 0 Å². The van der Waals surface area contributed by atoms with E-state index in [0.717, 1.165) is 5.16 Å². The maximum Gasteiger partial charge on any atom is 0.223 e. The Morgan fingerprint density at radius 2 is 2.27 bits per heavy atom. The summed E-state index contributed by atoms with van der Waals surface area (Å²) >= 11 is 1.46. The van der Waals surface area contributed by atoms with Gasteiger partial charge in [-0.3, -0.25) is 4.57 Å². The molecule has 0 unspecified atom stereocenters. The molecule has 0 aliphatic heterocycles. The molecule has 0 saturated carbocycles. The summed E-state index contributed by atoms with van der Waals surface area (Å²) in [6, 6.07) is 0. The highest BCUT2D eigenvalue weighted by molar-refractivity contribution is 7.98. The molecule has 0 saturated heterocycles. The molecule has 0 aliphatic carbocycles. The highest BCUT2D eigenvalue weighted by Gasteiger charge is 2.08. The van der Waals surface area contributed by atoms with Crippen LogP contribution in [0.1, 0.15) is 11.7 Å². The van der Waals surface area contributed by atoms with Crippen LogP contribution >= 0.6 is 11.8 Å². The molecule has 0 atom stereocenters. The Hall–Kier alpha value is -1.57. The highest BCUT2D eigenvalue weighted by Crippen LogP contribution is 2.19. The van der Waals surface area contributed by atoms with Crippen molar-refractivity contribution in [3.8, 4) is 0 Å². The zero-order valence-electron chi connectivity index (χ0n) is 8.34. The van der Waals surface area contributed by atoms with Crippen LogP contribution in [0.3, 0.4) is 0 Å². The second-order valence-corrected chi connectivity index (χ2v) is 3.86. The fourth-order valence-corrected chi connectivity index (χ4v) is 1.74. The second kappa shape index (κ2) is 3.89. The molecule has 2 N–H and O–H groups in total. The maximum absolute atomic E-state index is 5.54. The zero-order valence-corrected chi connectivity index (χ0v) is 9.15. The summed E-state index contributed by atoms with van der Waals surface area (Å²) in [6.45, 7) is 1.75. The van der Waals surface area contributed by atoms with Crippen LogP contribution in [-0.2, 0) is 12.8 Å². The molecular formula is C7H10N6OS. The Labute approximate surface area is 90.1 Å². The van der Waals surface area contributed by atoms with Crippen molar-refractivity contribution in [1.29, 1.82) is 0 Å². The second-order valence-electron chi connectivity index (χ2n) is 2.92. The van der Waals surface area contributed by atoms with E-state index in [2.05, 4.69) is 20.3 Å². The van der Waals surface area contributed by atoms with Crippen molar-refractivity contribution in [2.45, 2.75) is 17.8 Å². The lowest BCUT2D eigenvalue weighted by atomic mass is 10.7. The van der Waals surface area contributed by atoms with Crippen molar-refractivity contribution in [3.05, 3.63) is 11.7 Å². The van der Waals surface area contributed by atoms with Crippen molar-refractivity contribution in [2.75, 3.05) is 5.73 Å². The SMILES string of the molecule is Cc1nc(CSc2nnc(N)n2C)no1. The molecule has 7 nitrogen and oxygen atoms in total. The quantitative estimate of drug-likeness (QED) is 0.756. The van der Waals surface area contributed by atoms with Gasteiger partial charge in [0.15, 0.2) is 11.0 Å². The number of aryl methyl sites for hydroxylation is 1. The molecule has 0 spiro atoms. The first kappa shape index (κ1) is 9.97. The van der Waals surface area contributed by atoms with Crippen molar-refractivity contribution < 1.29 is 4.52 Å². The van der Waals surface area contributed by atoms with Crippen LogP contribution in [-0.4, -0.2) is 24.9 Å². The van der Waals surface area contributed by atoms with E-state index in [1.165, 1.54) is 11.8 Å². The molecule has 0 radical (unpaired) electrons. The number of hydrogen-bond donors (Lipinski definition) is 1. The maximum atomic E-state index is 5.54. The first-order valence-corrected chi connectivity index (χ1v) is 5.22. The summed E-state index contributed by atoms with van der Waals surface area (Å²) in [7, 11) is 1.80. The first-order valence-electron chi connectivity index (χ1n) is 4.23. The molecule has 0 amide bonds. The summed E-state index contributed by atoms with van der Waals surface area (Å²) < 4.78 is 6.55. The van der Waals surface area contributed by atoms with E-state index in [1.807, 2.05) is 0 Å². The molecular weight excluding hydrogens is 216 g/mol. The third-order valence-corrected chi connectivity index (χ3v) is 2.78. The van der Waals surface area contributed by atoms with Crippen LogP contribution in [0, 0.1) is 6.92 Å². The predicted molar refractivity (Wildman–Crippen MR) is 54.0 cm³/mol. The van der Waals surface area contributed by atoms with E-state index >= 15 is 0 Å². The van der Waals surface area contributed by atoms with Crippen molar-refractivity contribution in [1.82, 2.24) is 24.9 Å². The molecule has 0 aromatic carbocycles. The number of rotatable bonds is 3. The topological polar surface area (TPSA) is 95.7 Å². The van der Waals surface area contributed by atoms with Gasteiger partial charge in [0.2, 0.25) is 11.8 Å². The van der Waals surface area contributed by atoms with Gasteiger partial charge in [-0.2, -0.15) is 4.98 Å². The summed E-state index contributed by atoms with van der Waals surface area (Å²) in [5.74, 6) is 2.17. The fraction of sp³-hybridized carbons (Fsp3) is 0.429. The number of nitrogens with zero attached hydrogens (tertiary/aromatic N) is 5. The number of anilines is 1. The Bertz CT molecular complexity index is 464. The Morgan fingerprint density at radius 3 is 2.80 bits per heavy atom. The van der Waals surface area contributed by atoms with Gasteiger partial charge in [0.05, 0.1) is 5.75 Å². The average Bonchev–Trinajstić information content (AvgIpc) is 2.74. The van der Waals surface area contributed by atoms with E-state index in [4.69, 9.17) is 10.3 Å². The molecule has 0 fully saturated rings. The lowest BCUT2D eigenvalue weighted by Crippen LogP contribution is -1.98. The van der Waals surface area contributed by atoms with Crippen LogP contribution in [0.15, 0.2) is 9.68 Å². The summed E-state index contributed by atoms with van der Waals surface area (Å²) in [4.78, 5) is 4.07. The molecule has 2 rings (SSSR count). The molecule has 80 valence electrons. The van der Waals surface area contributed by atoms with Gasteiger partial charge in [0, 0.05) is 14.0 Å². The van der Waals surface area contributed by atoms with E-state index in [1.54, 1.807) is 18.5 Å². The lowest BCUT2D eigenvalue weighted by molar-refractivity contribution is 0.389. The normalized spacial score (nSPS) is 10.8. The minimum Gasteiger partial charge on any atom is -0.368 e. The summed E-state index contributed by atoms with van der Waals surface area (Å²) in [6.07, 6.45) is 0. The summed E-state index contributed by atoms with van der Waals surface area (Å²) in [5.41, 5.74) is 5.54. The minimum atomic E-state index is 0.391. The van der Waals surface area contributed by atoms with Crippen LogP contribution in [0.25, 0.3) is 0 Å². The van der Waals surface area contributed by atoms with Gasteiger partial charge in [-0.1, -0.05) is 16.9 Å². The number of nitrogen functional groups attached to an aromatic ring is 1. The Kier molecular flexibility index (Phi) is 2.58. The number of hydrogen-bond acceptors (Lipinski definition) is 7. The van der Waals surface area contributed by atoms with Gasteiger partial charge in [-0.25, -0.2) is 0 Å². The molecule has 2 aromatic rings. The molecule has 0 aliphatic rings. The zero-order chi connectivity index (χ0) is 10.8. The first-order chi connectivity index (χ1) is 7.16. The highest BCUT2D eigenvalue weighted by atomic mass is 32.2. The van der Waals surface area contributed by atoms with E-state index in [0.29, 0.717) is 23.4 Å². The van der Waals surface area contributed by atoms with Gasteiger partial charge in [0.25, 0.3) is 0 Å². The Balaban J connectivity index is 2.02. The van der Waals surface area contributed by atoms with Crippen molar-refractivity contribution in [3.63, 3.8) is 0 Å². The monoisotopic (exact) mass is 226 g/mol. The Morgan fingerprint density at radius 1 is 1.47 bits per heavy atom. The molecule has 2 aromatic heterocycles. The molecule has 0 bridgehead atoms. The smallest absolute Gasteiger partial charge is 0.223 e. The lowest BCUT2D eigenvalue weighted by Gasteiger charge is -1.97. The molecule has 8 heteroatoms. The van der Waals surface area contributed by atoms with Gasteiger partial charge in [-0.15, -0.1) is 10.2 Å². The van der Waals surface area contributed by atoms with Gasteiger partial charge < -0.3 is 10.3 Å². The van der Waals surface area contributed by atoms with Crippen LogP contribution in [0.5, 0.6) is 0 Å². The van der Waals surface area contributed by atoms with Crippen LogP contribution < -0.4 is 5.73 Å². The van der Waals surface area contributed by atoms with E-state index in [9.17, 15) is 0 Å². The largest absolute Gasteiger partial charge is 0.368 e. The number of nitrogens with two attached hydrogens (primary N) is 1. The van der Waals surface area contributed by atoms with Crippen LogP contribution in [0.4, 0.5) is 5.95 Å². The van der Waals surface area contributed by atoms with Gasteiger partial charge in [-0.05, 0) is 0 Å². The fourth-order valence-electron chi connectivity index (χ4n) is 0.981. The molecule has 2 heterocycles.